The Labute approximate surface area is 124 Å². The lowest BCUT2D eigenvalue weighted by molar-refractivity contribution is 0.167. The van der Waals surface area contributed by atoms with Gasteiger partial charge in [0.05, 0.1) is 6.04 Å². The number of fused-ring (bicyclic) bond motifs is 4. The van der Waals surface area contributed by atoms with Crippen LogP contribution in [0.3, 0.4) is 0 Å². The molecular weight excluding hydrogens is 272 g/mol. The maximum Gasteiger partial charge on any atom is 0.318 e. The normalized spacial score (nSPS) is 27.1. The minimum atomic E-state index is 0.0447. The Morgan fingerprint density at radius 3 is 2.90 bits per heavy atom. The predicted octanol–water partition coefficient (Wildman–Crippen LogP) is 2.08. The Morgan fingerprint density at radius 1 is 1.45 bits per heavy atom. The summed E-state index contributed by atoms with van der Waals surface area (Å²) in [5.74, 6) is 0. The van der Waals surface area contributed by atoms with Crippen molar-refractivity contribution in [2.75, 3.05) is 26.2 Å². The van der Waals surface area contributed by atoms with Gasteiger partial charge in [0, 0.05) is 43.8 Å². The van der Waals surface area contributed by atoms with E-state index >= 15 is 0 Å². The van der Waals surface area contributed by atoms with E-state index in [-0.39, 0.29) is 12.1 Å². The second-order valence-corrected chi connectivity index (χ2v) is 6.47. The molecule has 0 aromatic carbocycles. The highest BCUT2D eigenvalue weighted by Gasteiger charge is 2.32. The third-order valence-corrected chi connectivity index (χ3v) is 5.26. The molecule has 1 aromatic rings. The van der Waals surface area contributed by atoms with Crippen LogP contribution in [0, 0.1) is 0 Å². The summed E-state index contributed by atoms with van der Waals surface area (Å²) in [7, 11) is 0. The van der Waals surface area contributed by atoms with E-state index in [0.29, 0.717) is 6.04 Å². The van der Waals surface area contributed by atoms with Crippen molar-refractivity contribution in [3.8, 4) is 0 Å². The van der Waals surface area contributed by atoms with Crippen LogP contribution >= 0.6 is 11.3 Å². The molecule has 2 amide bonds. The quantitative estimate of drug-likeness (QED) is 0.928. The summed E-state index contributed by atoms with van der Waals surface area (Å²) >= 11 is 1.61. The molecule has 3 fully saturated rings. The van der Waals surface area contributed by atoms with Crippen LogP contribution in [0.2, 0.25) is 0 Å². The number of nitrogens with zero attached hydrogens (tertiary/aromatic N) is 3. The average molecular weight is 294 g/mol. The molecule has 2 bridgehead atoms. The fraction of sp³-hybridized carbons (Fsp3) is 0.714. The fourth-order valence-corrected chi connectivity index (χ4v) is 3.90. The first kappa shape index (κ1) is 13.8. The Morgan fingerprint density at radius 2 is 2.25 bits per heavy atom. The van der Waals surface area contributed by atoms with E-state index in [1.165, 1.54) is 0 Å². The van der Waals surface area contributed by atoms with Gasteiger partial charge in [0.15, 0.2) is 0 Å². The lowest BCUT2D eigenvalue weighted by Gasteiger charge is -2.32. The highest BCUT2D eigenvalue weighted by Crippen LogP contribution is 2.23. The largest absolute Gasteiger partial charge is 0.329 e. The molecular formula is C14H22N4OS. The number of urea groups is 1. The number of rotatable bonds is 3. The topological polar surface area (TPSA) is 48.5 Å². The van der Waals surface area contributed by atoms with Crippen molar-refractivity contribution in [3.05, 3.63) is 16.6 Å². The lowest BCUT2D eigenvalue weighted by atomic mass is 10.1. The molecule has 1 atom stereocenters. The second kappa shape index (κ2) is 6.10. The number of piperidine rings is 1. The Bertz CT molecular complexity index is 442. The number of carbonyl (C=O) groups excluding carboxylic acids is 1. The van der Waals surface area contributed by atoms with Crippen molar-refractivity contribution in [2.45, 2.75) is 38.3 Å². The van der Waals surface area contributed by atoms with Gasteiger partial charge in [-0.25, -0.2) is 9.78 Å². The molecule has 1 N–H and O–H groups in total. The zero-order chi connectivity index (χ0) is 13.9. The van der Waals surface area contributed by atoms with Crippen LogP contribution < -0.4 is 5.32 Å². The molecule has 3 aliphatic heterocycles. The van der Waals surface area contributed by atoms with Gasteiger partial charge in [0.1, 0.15) is 5.01 Å². The molecule has 0 aliphatic carbocycles. The van der Waals surface area contributed by atoms with E-state index in [9.17, 15) is 4.79 Å². The SMILES string of the molecule is CCC(NC(=O)N1CCN2CCC1CC2)c1nccs1. The Kier molecular flexibility index (Phi) is 4.21. The maximum atomic E-state index is 12.6. The summed E-state index contributed by atoms with van der Waals surface area (Å²) in [6.45, 7) is 6.23. The molecule has 110 valence electrons. The van der Waals surface area contributed by atoms with Gasteiger partial charge in [0.25, 0.3) is 0 Å². The van der Waals surface area contributed by atoms with Gasteiger partial charge >= 0.3 is 6.03 Å². The Balaban J connectivity index is 1.66. The smallest absolute Gasteiger partial charge is 0.318 e. The molecule has 5 nitrogen and oxygen atoms in total. The highest BCUT2D eigenvalue weighted by atomic mass is 32.1. The van der Waals surface area contributed by atoms with Crippen molar-refractivity contribution in [2.24, 2.45) is 0 Å². The molecule has 0 spiro atoms. The van der Waals surface area contributed by atoms with Gasteiger partial charge in [-0.15, -0.1) is 11.3 Å². The molecule has 4 heterocycles. The number of aromatic nitrogens is 1. The van der Waals surface area contributed by atoms with Gasteiger partial charge < -0.3 is 15.1 Å². The third kappa shape index (κ3) is 2.81. The first-order chi connectivity index (χ1) is 9.78. The van der Waals surface area contributed by atoms with Crippen LogP contribution in [0.5, 0.6) is 0 Å². The van der Waals surface area contributed by atoms with E-state index < -0.39 is 0 Å². The third-order valence-electron chi connectivity index (χ3n) is 4.37. The minimum Gasteiger partial charge on any atom is -0.329 e. The molecule has 20 heavy (non-hydrogen) atoms. The van der Waals surface area contributed by atoms with Crippen molar-refractivity contribution in [3.63, 3.8) is 0 Å². The number of hydrogen-bond donors (Lipinski definition) is 1. The first-order valence-corrected chi connectivity index (χ1v) is 8.34. The van der Waals surface area contributed by atoms with Gasteiger partial charge in [-0.3, -0.25) is 0 Å². The van der Waals surface area contributed by atoms with Crippen molar-refractivity contribution in [1.82, 2.24) is 20.1 Å². The van der Waals surface area contributed by atoms with Gasteiger partial charge in [0.2, 0.25) is 0 Å². The van der Waals surface area contributed by atoms with Crippen LogP contribution in [0.25, 0.3) is 0 Å². The molecule has 3 aliphatic rings. The Hall–Kier alpha value is -1.14. The van der Waals surface area contributed by atoms with Gasteiger partial charge in [-0.2, -0.15) is 0 Å². The molecule has 1 unspecified atom stereocenters. The van der Waals surface area contributed by atoms with Crippen LogP contribution in [0.1, 0.15) is 37.2 Å². The number of amides is 2. The fourth-order valence-electron chi connectivity index (χ4n) is 3.13. The number of hydrogen-bond acceptors (Lipinski definition) is 4. The predicted molar refractivity (Wildman–Crippen MR) is 79.8 cm³/mol. The van der Waals surface area contributed by atoms with Crippen LogP contribution in [-0.4, -0.2) is 53.0 Å². The number of nitrogens with one attached hydrogen (secondary N) is 1. The summed E-state index contributed by atoms with van der Waals surface area (Å²) in [4.78, 5) is 21.4. The monoisotopic (exact) mass is 294 g/mol. The zero-order valence-corrected chi connectivity index (χ0v) is 12.7. The van der Waals surface area contributed by atoms with Gasteiger partial charge in [-0.05, 0) is 19.3 Å². The summed E-state index contributed by atoms with van der Waals surface area (Å²) < 4.78 is 0. The molecule has 6 heteroatoms. The summed E-state index contributed by atoms with van der Waals surface area (Å²) in [6.07, 6.45) is 4.91. The lowest BCUT2D eigenvalue weighted by Crippen LogP contribution is -2.47. The van der Waals surface area contributed by atoms with E-state index in [1.807, 2.05) is 10.3 Å². The summed E-state index contributed by atoms with van der Waals surface area (Å²) in [6, 6.07) is 0.548. The van der Waals surface area contributed by atoms with E-state index in [2.05, 4.69) is 22.1 Å². The molecule has 1 aromatic heterocycles. The minimum absolute atomic E-state index is 0.0447. The van der Waals surface area contributed by atoms with Crippen molar-refractivity contribution >= 4 is 17.4 Å². The van der Waals surface area contributed by atoms with E-state index in [0.717, 1.165) is 50.4 Å². The molecule has 0 radical (unpaired) electrons. The summed E-state index contributed by atoms with van der Waals surface area (Å²) in [5.41, 5.74) is 0. The molecule has 0 saturated carbocycles. The van der Waals surface area contributed by atoms with Crippen LogP contribution in [-0.2, 0) is 0 Å². The number of carbonyl (C=O) groups is 1. The van der Waals surface area contributed by atoms with Crippen LogP contribution in [0.15, 0.2) is 11.6 Å². The number of thiazole rings is 1. The van der Waals surface area contributed by atoms with Gasteiger partial charge in [-0.1, -0.05) is 6.92 Å². The van der Waals surface area contributed by atoms with E-state index in [4.69, 9.17) is 0 Å². The average Bonchev–Trinajstić information content (AvgIpc) is 2.84. The zero-order valence-electron chi connectivity index (χ0n) is 11.9. The summed E-state index contributed by atoms with van der Waals surface area (Å²) in [5, 5.41) is 6.13. The highest BCUT2D eigenvalue weighted by molar-refractivity contribution is 7.09. The molecule has 4 rings (SSSR count). The second-order valence-electron chi connectivity index (χ2n) is 5.55. The van der Waals surface area contributed by atoms with E-state index in [1.54, 1.807) is 17.5 Å². The standard InChI is InChI=1S/C14H22N4OS/c1-2-12(13-15-5-10-20-13)16-14(19)18-9-8-17-6-3-11(18)4-7-17/h5,10-12H,2-4,6-9H2,1H3,(H,16,19). The maximum absolute atomic E-state index is 12.6. The first-order valence-electron chi connectivity index (χ1n) is 7.47. The van der Waals surface area contributed by atoms with Crippen molar-refractivity contribution in [1.29, 1.82) is 0 Å². The van der Waals surface area contributed by atoms with Crippen molar-refractivity contribution < 1.29 is 4.79 Å². The van der Waals surface area contributed by atoms with Crippen LogP contribution in [0.4, 0.5) is 4.79 Å². The molecule has 3 saturated heterocycles.